The molecule has 0 saturated carbocycles. The Hall–Kier alpha value is -0.343. The first-order chi connectivity index (χ1) is 3.93. The Labute approximate surface area is 52.0 Å². The molecule has 8 heavy (non-hydrogen) atoms. The molecule has 0 aromatic rings. The highest BCUT2D eigenvalue weighted by Gasteiger charge is 1.98. The maximum atomic E-state index is 4.95. The first-order valence-corrected chi connectivity index (χ1v) is 3.49. The van der Waals surface area contributed by atoms with Crippen molar-refractivity contribution in [1.82, 2.24) is 0 Å². The maximum Gasteiger partial charge on any atom is 0.264 e. The quantitative estimate of drug-likeness (QED) is 0.501. The van der Waals surface area contributed by atoms with E-state index in [9.17, 15) is 0 Å². The van der Waals surface area contributed by atoms with Gasteiger partial charge >= 0.3 is 0 Å². The van der Waals surface area contributed by atoms with Gasteiger partial charge in [-0.25, -0.2) is 0 Å². The molecule has 2 radical (unpaired) electrons. The highest BCUT2D eigenvalue weighted by atomic mass is 28.2. The monoisotopic (exact) mass is 124 g/mol. The van der Waals surface area contributed by atoms with Crippen molar-refractivity contribution in [3.05, 3.63) is 23.4 Å². The van der Waals surface area contributed by atoms with E-state index in [1.54, 1.807) is 7.11 Å². The average molecular weight is 124 g/mol. The predicted octanol–water partition coefficient (Wildman–Crippen LogP) is 1.10. The molecule has 0 bridgehead atoms. The summed E-state index contributed by atoms with van der Waals surface area (Å²) in [6.45, 7) is 0. The molecule has 0 atom stereocenters. The third-order valence-corrected chi connectivity index (χ3v) is 1.84. The lowest BCUT2D eigenvalue weighted by Crippen LogP contribution is -1.95. The molecule has 0 heterocycles. The number of hydrogen-bond acceptors (Lipinski definition) is 1. The van der Waals surface area contributed by atoms with Gasteiger partial charge in [0, 0.05) is 7.11 Å². The van der Waals surface area contributed by atoms with Crippen LogP contribution in [0.1, 0.15) is 6.42 Å². The molecule has 42 valence electrons. The fraction of sp³-hybridized carbons (Fsp3) is 0.333. The highest BCUT2D eigenvalue weighted by Crippen LogP contribution is 2.07. The molecule has 0 aromatic heterocycles. The lowest BCUT2D eigenvalue weighted by Gasteiger charge is -1.92. The maximum absolute atomic E-state index is 4.95. The zero-order valence-electron chi connectivity index (χ0n) is 4.85. The summed E-state index contributed by atoms with van der Waals surface area (Å²) in [5.41, 5.74) is 0. The average Bonchev–Trinajstić information content (AvgIpc) is 2.19. The first kappa shape index (κ1) is 5.79. The minimum Gasteiger partial charge on any atom is -0.415 e. The van der Waals surface area contributed by atoms with Crippen molar-refractivity contribution < 1.29 is 4.43 Å². The minimum absolute atomic E-state index is 0.567. The van der Waals surface area contributed by atoms with Crippen LogP contribution in [-0.4, -0.2) is 16.9 Å². The Kier molecular flexibility index (Phi) is 2.06. The van der Waals surface area contributed by atoms with Crippen molar-refractivity contribution in [1.29, 1.82) is 0 Å². The fourth-order valence-corrected chi connectivity index (χ4v) is 1.28. The summed E-state index contributed by atoms with van der Waals surface area (Å²) in [5, 5.41) is 1.40. The van der Waals surface area contributed by atoms with Crippen LogP contribution in [0.2, 0.25) is 0 Å². The van der Waals surface area contributed by atoms with E-state index in [1.165, 1.54) is 5.20 Å². The van der Waals surface area contributed by atoms with E-state index in [1.807, 2.05) is 0 Å². The normalized spacial score (nSPS) is 16.9. The van der Waals surface area contributed by atoms with E-state index in [0.717, 1.165) is 6.42 Å². The molecule has 0 N–H and O–H groups in total. The third-order valence-electron chi connectivity index (χ3n) is 1.00. The summed E-state index contributed by atoms with van der Waals surface area (Å²) in [5.74, 6) is 0. The molecule has 0 fully saturated rings. The van der Waals surface area contributed by atoms with Gasteiger partial charge in [0.05, 0.1) is 0 Å². The van der Waals surface area contributed by atoms with Gasteiger partial charge in [0.15, 0.2) is 0 Å². The van der Waals surface area contributed by atoms with Crippen molar-refractivity contribution in [3.8, 4) is 0 Å². The largest absolute Gasteiger partial charge is 0.415 e. The van der Waals surface area contributed by atoms with Crippen LogP contribution in [-0.2, 0) is 4.43 Å². The zero-order chi connectivity index (χ0) is 5.82. The second-order valence-electron chi connectivity index (χ2n) is 1.63. The number of rotatable bonds is 2. The van der Waals surface area contributed by atoms with Gasteiger partial charge < -0.3 is 4.43 Å². The highest BCUT2D eigenvalue weighted by molar-refractivity contribution is 6.38. The van der Waals surface area contributed by atoms with Gasteiger partial charge in [0.25, 0.3) is 9.76 Å². The summed E-state index contributed by atoms with van der Waals surface area (Å²) in [4.78, 5) is 0. The van der Waals surface area contributed by atoms with Crippen LogP contribution in [0, 0.1) is 0 Å². The Bertz CT molecular complexity index is 126. The van der Waals surface area contributed by atoms with Gasteiger partial charge in [-0.05, 0) is 6.42 Å². The van der Waals surface area contributed by atoms with Gasteiger partial charge in [0.2, 0.25) is 0 Å². The molecule has 0 aromatic carbocycles. The van der Waals surface area contributed by atoms with Crippen LogP contribution in [0.4, 0.5) is 0 Å². The van der Waals surface area contributed by atoms with Gasteiger partial charge in [-0.15, -0.1) is 0 Å². The van der Waals surface area contributed by atoms with E-state index in [4.69, 9.17) is 4.43 Å². The van der Waals surface area contributed by atoms with Crippen LogP contribution in [0.3, 0.4) is 0 Å². The van der Waals surface area contributed by atoms with Gasteiger partial charge in [-0.3, -0.25) is 0 Å². The summed E-state index contributed by atoms with van der Waals surface area (Å²) in [6.07, 6.45) is 7.41. The van der Waals surface area contributed by atoms with Crippen molar-refractivity contribution in [2.24, 2.45) is 0 Å². The van der Waals surface area contributed by atoms with Crippen molar-refractivity contribution >= 4 is 9.76 Å². The molecular weight excluding hydrogens is 116 g/mol. The smallest absolute Gasteiger partial charge is 0.264 e. The van der Waals surface area contributed by atoms with Crippen LogP contribution in [0.15, 0.2) is 23.4 Å². The topological polar surface area (TPSA) is 9.23 Å². The second-order valence-corrected chi connectivity index (χ2v) is 2.88. The van der Waals surface area contributed by atoms with Crippen LogP contribution < -0.4 is 0 Å². The molecule has 0 unspecified atom stereocenters. The van der Waals surface area contributed by atoms with E-state index in [-0.39, 0.29) is 0 Å². The molecule has 0 aliphatic heterocycles. The third kappa shape index (κ3) is 1.32. The Morgan fingerprint density at radius 2 is 2.62 bits per heavy atom. The fourth-order valence-electron chi connectivity index (χ4n) is 0.654. The molecular formula is C6H8OSi. The van der Waals surface area contributed by atoms with E-state index in [2.05, 4.69) is 18.2 Å². The van der Waals surface area contributed by atoms with Crippen molar-refractivity contribution in [2.75, 3.05) is 7.11 Å². The van der Waals surface area contributed by atoms with Crippen LogP contribution in [0.5, 0.6) is 0 Å². The van der Waals surface area contributed by atoms with E-state index in [0.29, 0.717) is 9.76 Å². The molecule has 0 spiro atoms. The summed E-state index contributed by atoms with van der Waals surface area (Å²) in [6, 6.07) is 0. The Morgan fingerprint density at radius 3 is 3.12 bits per heavy atom. The van der Waals surface area contributed by atoms with Crippen LogP contribution in [0.25, 0.3) is 0 Å². The SMILES string of the molecule is CO[Si]C1=CC=CC1. The lowest BCUT2D eigenvalue weighted by molar-refractivity contribution is 0.447. The van der Waals surface area contributed by atoms with Gasteiger partial charge in [-0.1, -0.05) is 23.4 Å². The van der Waals surface area contributed by atoms with E-state index < -0.39 is 0 Å². The number of hydrogen-bond donors (Lipinski definition) is 0. The molecule has 0 saturated heterocycles. The Morgan fingerprint density at radius 1 is 1.75 bits per heavy atom. The lowest BCUT2D eigenvalue weighted by atomic mass is 10.5. The number of allylic oxidation sites excluding steroid dienone is 4. The zero-order valence-corrected chi connectivity index (χ0v) is 5.85. The summed E-state index contributed by atoms with van der Waals surface area (Å²) < 4.78 is 4.95. The minimum atomic E-state index is 0.567. The van der Waals surface area contributed by atoms with Crippen LogP contribution >= 0.6 is 0 Å². The predicted molar refractivity (Wildman–Crippen MR) is 34.6 cm³/mol. The molecule has 0 amide bonds. The van der Waals surface area contributed by atoms with Gasteiger partial charge in [-0.2, -0.15) is 0 Å². The summed E-state index contributed by atoms with van der Waals surface area (Å²) in [7, 11) is 2.30. The molecule has 1 nitrogen and oxygen atoms in total. The first-order valence-electron chi connectivity index (χ1n) is 2.58. The van der Waals surface area contributed by atoms with Crippen molar-refractivity contribution in [3.63, 3.8) is 0 Å². The standard InChI is InChI=1S/C6H8OSi/c1-7-8-6-4-2-3-5-6/h2-4H,5H2,1H3. The van der Waals surface area contributed by atoms with Gasteiger partial charge in [0.1, 0.15) is 0 Å². The van der Waals surface area contributed by atoms with Crippen molar-refractivity contribution in [2.45, 2.75) is 6.42 Å². The molecule has 2 heteroatoms. The molecule has 1 aliphatic carbocycles. The molecule has 1 aliphatic rings. The van der Waals surface area contributed by atoms with E-state index >= 15 is 0 Å². The molecule has 1 rings (SSSR count). The summed E-state index contributed by atoms with van der Waals surface area (Å²) >= 11 is 0. The second kappa shape index (κ2) is 2.84. The Balaban J connectivity index is 2.28.